The van der Waals surface area contributed by atoms with Crippen LogP contribution >= 0.6 is 0 Å². The lowest BCUT2D eigenvalue weighted by Gasteiger charge is -2.45. The van der Waals surface area contributed by atoms with Gasteiger partial charge in [-0.25, -0.2) is 0 Å². The molecule has 1 aromatic rings. The van der Waals surface area contributed by atoms with Gasteiger partial charge in [-0.2, -0.15) is 4.98 Å². The minimum Gasteiger partial charge on any atom is -0.479 e. The number of carbonyl (C=O) groups is 1. The van der Waals surface area contributed by atoms with Crippen LogP contribution in [0, 0.1) is 0 Å². The quantitative estimate of drug-likeness (QED) is 0.852. The van der Waals surface area contributed by atoms with Crippen molar-refractivity contribution in [2.24, 2.45) is 0 Å². The summed E-state index contributed by atoms with van der Waals surface area (Å²) in [6, 6.07) is 3.57. The molecule has 1 saturated heterocycles. The molecule has 0 bridgehead atoms. The second-order valence-electron chi connectivity index (χ2n) is 5.21. The summed E-state index contributed by atoms with van der Waals surface area (Å²) in [5.74, 6) is 1.17. The molecule has 0 radical (unpaired) electrons. The molecule has 1 fully saturated rings. The second kappa shape index (κ2) is 4.60. The van der Waals surface area contributed by atoms with Gasteiger partial charge in [0.25, 0.3) is 0 Å². The molecule has 2 N–H and O–H groups in total. The Morgan fingerprint density at radius 2 is 2.05 bits per heavy atom. The molecule has 104 valence electrons. The lowest BCUT2D eigenvalue weighted by Crippen LogP contribution is -2.62. The average Bonchev–Trinajstić information content (AvgIpc) is 2.37. The fourth-order valence-electron chi connectivity index (χ4n) is 2.37. The average molecular weight is 264 g/mol. The molecule has 19 heavy (non-hydrogen) atoms. The summed E-state index contributed by atoms with van der Waals surface area (Å²) >= 11 is 0. The molecule has 1 aromatic heterocycles. The van der Waals surface area contributed by atoms with Gasteiger partial charge < -0.3 is 20.3 Å². The van der Waals surface area contributed by atoms with Crippen molar-refractivity contribution in [3.8, 4) is 5.88 Å². The molecular formula is C13H20N4O2. The zero-order chi connectivity index (χ0) is 14.2. The Morgan fingerprint density at radius 1 is 1.37 bits per heavy atom. The molecule has 1 aliphatic heterocycles. The number of nitrogen functional groups attached to an aromatic ring is 1. The number of rotatable bonds is 2. The summed E-state index contributed by atoms with van der Waals surface area (Å²) in [6.45, 7) is 5.21. The minimum atomic E-state index is -0.624. The van der Waals surface area contributed by atoms with E-state index in [1.807, 2.05) is 31.9 Å². The number of pyridine rings is 1. The topological polar surface area (TPSA) is 71.7 Å². The Bertz CT molecular complexity index is 501. The van der Waals surface area contributed by atoms with Gasteiger partial charge in [0, 0.05) is 20.1 Å². The van der Waals surface area contributed by atoms with E-state index in [-0.39, 0.29) is 5.91 Å². The second-order valence-corrected chi connectivity index (χ2v) is 5.21. The number of hydrogen-bond acceptors (Lipinski definition) is 5. The van der Waals surface area contributed by atoms with Crippen molar-refractivity contribution >= 4 is 17.4 Å². The number of ether oxygens (including phenoxy) is 1. The van der Waals surface area contributed by atoms with Crippen molar-refractivity contribution in [2.75, 3.05) is 37.9 Å². The van der Waals surface area contributed by atoms with Gasteiger partial charge >= 0.3 is 0 Å². The zero-order valence-corrected chi connectivity index (χ0v) is 11.8. The molecule has 0 atom stereocenters. The number of amides is 1. The smallest absolute Gasteiger partial charge is 0.247 e. The first-order chi connectivity index (χ1) is 8.87. The van der Waals surface area contributed by atoms with E-state index < -0.39 is 5.54 Å². The van der Waals surface area contributed by atoms with Crippen LogP contribution in [0.3, 0.4) is 0 Å². The van der Waals surface area contributed by atoms with Gasteiger partial charge in [0.15, 0.2) is 0 Å². The van der Waals surface area contributed by atoms with Crippen LogP contribution in [0.15, 0.2) is 12.1 Å². The van der Waals surface area contributed by atoms with Crippen LogP contribution < -0.4 is 15.4 Å². The number of likely N-dealkylation sites (N-methyl/N-ethyl adjacent to an activating group) is 1. The minimum absolute atomic E-state index is 0.0799. The molecule has 2 rings (SSSR count). The Kier molecular flexibility index (Phi) is 3.26. The van der Waals surface area contributed by atoms with Gasteiger partial charge in [-0.1, -0.05) is 0 Å². The fraction of sp³-hybridized carbons (Fsp3) is 0.538. The molecule has 0 spiro atoms. The first-order valence-corrected chi connectivity index (χ1v) is 6.21. The third kappa shape index (κ3) is 2.18. The summed E-state index contributed by atoms with van der Waals surface area (Å²) in [7, 11) is 3.35. The molecule has 0 aromatic carbocycles. The SMILES string of the molecule is COc1nc(N2CCN(C)C(=O)C2(C)C)ccc1N. The van der Waals surface area contributed by atoms with E-state index in [0.29, 0.717) is 23.9 Å². The maximum absolute atomic E-state index is 12.3. The lowest BCUT2D eigenvalue weighted by molar-refractivity contribution is -0.136. The zero-order valence-electron chi connectivity index (χ0n) is 11.8. The van der Waals surface area contributed by atoms with E-state index in [2.05, 4.69) is 4.98 Å². The van der Waals surface area contributed by atoms with Gasteiger partial charge in [-0.05, 0) is 26.0 Å². The normalized spacial score (nSPS) is 18.6. The Balaban J connectivity index is 2.38. The van der Waals surface area contributed by atoms with E-state index in [4.69, 9.17) is 10.5 Å². The van der Waals surface area contributed by atoms with Crippen LogP contribution in [0.1, 0.15) is 13.8 Å². The van der Waals surface area contributed by atoms with E-state index >= 15 is 0 Å². The van der Waals surface area contributed by atoms with Gasteiger partial charge in [0.1, 0.15) is 11.4 Å². The van der Waals surface area contributed by atoms with Crippen LogP contribution in [0.5, 0.6) is 5.88 Å². The van der Waals surface area contributed by atoms with Crippen molar-refractivity contribution in [2.45, 2.75) is 19.4 Å². The highest BCUT2D eigenvalue weighted by Crippen LogP contribution is 2.30. The lowest BCUT2D eigenvalue weighted by atomic mass is 9.98. The molecule has 6 heteroatoms. The molecule has 2 heterocycles. The van der Waals surface area contributed by atoms with Crippen LogP contribution in [0.4, 0.5) is 11.5 Å². The summed E-state index contributed by atoms with van der Waals surface area (Å²) in [5, 5.41) is 0. The van der Waals surface area contributed by atoms with Crippen molar-refractivity contribution in [3.05, 3.63) is 12.1 Å². The largest absolute Gasteiger partial charge is 0.479 e. The molecule has 6 nitrogen and oxygen atoms in total. The van der Waals surface area contributed by atoms with Gasteiger partial charge in [-0.15, -0.1) is 0 Å². The van der Waals surface area contributed by atoms with E-state index in [0.717, 1.165) is 6.54 Å². The molecule has 0 unspecified atom stereocenters. The number of nitrogens with zero attached hydrogens (tertiary/aromatic N) is 3. The number of aromatic nitrogens is 1. The Hall–Kier alpha value is -1.98. The van der Waals surface area contributed by atoms with Crippen molar-refractivity contribution in [3.63, 3.8) is 0 Å². The van der Waals surface area contributed by atoms with Crippen molar-refractivity contribution in [1.82, 2.24) is 9.88 Å². The van der Waals surface area contributed by atoms with E-state index in [1.165, 1.54) is 7.11 Å². The predicted octanol–water partition coefficient (Wildman–Crippen LogP) is 0.729. The molecule has 0 aliphatic carbocycles. The summed E-state index contributed by atoms with van der Waals surface area (Å²) < 4.78 is 5.13. The maximum Gasteiger partial charge on any atom is 0.247 e. The van der Waals surface area contributed by atoms with Crippen molar-refractivity contribution in [1.29, 1.82) is 0 Å². The highest BCUT2D eigenvalue weighted by Gasteiger charge is 2.41. The third-order valence-corrected chi connectivity index (χ3v) is 3.55. The number of carbonyl (C=O) groups excluding carboxylic acids is 1. The summed E-state index contributed by atoms with van der Waals surface area (Å²) in [5.41, 5.74) is 5.63. The molecule has 1 amide bonds. The van der Waals surface area contributed by atoms with Crippen LogP contribution in [0.2, 0.25) is 0 Å². The predicted molar refractivity (Wildman–Crippen MR) is 74.3 cm³/mol. The maximum atomic E-state index is 12.3. The fourth-order valence-corrected chi connectivity index (χ4v) is 2.37. The van der Waals surface area contributed by atoms with Crippen molar-refractivity contribution < 1.29 is 9.53 Å². The van der Waals surface area contributed by atoms with Crippen LogP contribution in [0.25, 0.3) is 0 Å². The molecule has 0 saturated carbocycles. The Labute approximate surface area is 113 Å². The standard InChI is InChI=1S/C13H20N4O2/c1-13(2)12(18)16(3)7-8-17(13)10-6-5-9(14)11(15-10)19-4/h5-6H,7-8,14H2,1-4H3. The number of piperazine rings is 1. The summed E-state index contributed by atoms with van der Waals surface area (Å²) in [4.78, 5) is 20.4. The first kappa shape index (κ1) is 13.5. The number of methoxy groups -OCH3 is 1. The highest BCUT2D eigenvalue weighted by atomic mass is 16.5. The highest BCUT2D eigenvalue weighted by molar-refractivity contribution is 5.90. The summed E-state index contributed by atoms with van der Waals surface area (Å²) in [6.07, 6.45) is 0. The number of hydrogen-bond donors (Lipinski definition) is 1. The number of anilines is 2. The van der Waals surface area contributed by atoms with Gasteiger partial charge in [0.2, 0.25) is 11.8 Å². The Morgan fingerprint density at radius 3 is 2.68 bits per heavy atom. The molecular weight excluding hydrogens is 244 g/mol. The van der Waals surface area contributed by atoms with Gasteiger partial charge in [0.05, 0.1) is 12.8 Å². The van der Waals surface area contributed by atoms with Crippen LogP contribution in [-0.2, 0) is 4.79 Å². The third-order valence-electron chi connectivity index (χ3n) is 3.55. The first-order valence-electron chi connectivity index (χ1n) is 6.21. The van der Waals surface area contributed by atoms with E-state index in [9.17, 15) is 4.79 Å². The van der Waals surface area contributed by atoms with Crippen LogP contribution in [-0.4, -0.2) is 48.6 Å². The van der Waals surface area contributed by atoms with E-state index in [1.54, 1.807) is 11.0 Å². The van der Waals surface area contributed by atoms with Gasteiger partial charge in [-0.3, -0.25) is 4.79 Å². The number of nitrogens with two attached hydrogens (primary N) is 1. The molecule has 1 aliphatic rings. The monoisotopic (exact) mass is 264 g/mol.